The van der Waals surface area contributed by atoms with Crippen LogP contribution in [0.4, 0.5) is 5.69 Å². The molecule has 2 N–H and O–H groups in total. The Kier molecular flexibility index (Phi) is 5.35. The van der Waals surface area contributed by atoms with Gasteiger partial charge in [-0.05, 0) is 73.2 Å². The van der Waals surface area contributed by atoms with Crippen LogP contribution in [0.1, 0.15) is 29.5 Å². The third kappa shape index (κ3) is 4.28. The number of aryl methyl sites for hydroxylation is 2. The average Bonchev–Trinajstić information content (AvgIpc) is 2.67. The van der Waals surface area contributed by atoms with Gasteiger partial charge in [0.1, 0.15) is 0 Å². The normalized spacial score (nSPS) is 13.5. The minimum absolute atomic E-state index is 0.185. The number of carbonyl (C=O) groups is 1. The van der Waals surface area contributed by atoms with Crippen molar-refractivity contribution in [2.75, 3.05) is 11.9 Å². The van der Waals surface area contributed by atoms with Gasteiger partial charge in [-0.25, -0.2) is 13.1 Å². The maximum Gasteiger partial charge on any atom is 0.241 e. The number of carbonyl (C=O) groups excluding carboxylic acids is 1. The molecule has 0 aliphatic heterocycles. The second kappa shape index (κ2) is 7.68. The molecular formula is C19H19N3O3S. The number of hydrogen-bond donors (Lipinski definition) is 2. The van der Waals surface area contributed by atoms with E-state index in [-0.39, 0.29) is 11.4 Å². The van der Waals surface area contributed by atoms with E-state index < -0.39 is 15.9 Å². The van der Waals surface area contributed by atoms with Crippen LogP contribution in [0.25, 0.3) is 0 Å². The van der Waals surface area contributed by atoms with E-state index in [1.165, 1.54) is 5.56 Å². The Morgan fingerprint density at radius 3 is 2.42 bits per heavy atom. The Morgan fingerprint density at radius 1 is 1.04 bits per heavy atom. The molecule has 0 saturated heterocycles. The summed E-state index contributed by atoms with van der Waals surface area (Å²) in [6, 6.07) is 13.5. The molecule has 0 unspecified atom stereocenters. The van der Waals surface area contributed by atoms with Crippen LogP contribution in [0.2, 0.25) is 0 Å². The minimum Gasteiger partial charge on any atom is -0.325 e. The van der Waals surface area contributed by atoms with Gasteiger partial charge in [0.2, 0.25) is 15.9 Å². The number of nitrogens with one attached hydrogen (secondary N) is 2. The van der Waals surface area contributed by atoms with Gasteiger partial charge in [-0.15, -0.1) is 0 Å². The van der Waals surface area contributed by atoms with E-state index >= 15 is 0 Å². The lowest BCUT2D eigenvalue weighted by Crippen LogP contribution is -2.33. The van der Waals surface area contributed by atoms with Gasteiger partial charge >= 0.3 is 0 Å². The summed E-state index contributed by atoms with van der Waals surface area (Å²) in [4.78, 5) is 12.2. The fraction of sp³-hybridized carbons (Fsp3) is 0.263. The molecule has 7 heteroatoms. The maximum atomic E-state index is 12.4. The van der Waals surface area contributed by atoms with Crippen LogP contribution in [-0.4, -0.2) is 20.9 Å². The van der Waals surface area contributed by atoms with E-state index in [4.69, 9.17) is 5.26 Å². The van der Waals surface area contributed by atoms with Crippen molar-refractivity contribution < 1.29 is 13.2 Å². The zero-order valence-electron chi connectivity index (χ0n) is 14.2. The Labute approximate surface area is 152 Å². The highest BCUT2D eigenvalue weighted by molar-refractivity contribution is 7.89. The maximum absolute atomic E-state index is 12.4. The third-order valence-electron chi connectivity index (χ3n) is 4.35. The van der Waals surface area contributed by atoms with E-state index in [2.05, 4.69) is 10.0 Å². The van der Waals surface area contributed by atoms with Crippen LogP contribution in [0, 0.1) is 11.3 Å². The topological polar surface area (TPSA) is 99.1 Å². The molecule has 1 aliphatic rings. The summed E-state index contributed by atoms with van der Waals surface area (Å²) in [5.74, 6) is -0.476. The minimum atomic E-state index is -3.75. The van der Waals surface area contributed by atoms with E-state index in [0.29, 0.717) is 11.3 Å². The highest BCUT2D eigenvalue weighted by Crippen LogP contribution is 2.24. The summed E-state index contributed by atoms with van der Waals surface area (Å²) in [6.45, 7) is -0.362. The van der Waals surface area contributed by atoms with Crippen LogP contribution >= 0.6 is 0 Å². The van der Waals surface area contributed by atoms with Gasteiger partial charge in [0.15, 0.2) is 0 Å². The molecule has 2 aromatic rings. The van der Waals surface area contributed by atoms with Gasteiger partial charge in [-0.1, -0.05) is 6.07 Å². The van der Waals surface area contributed by atoms with Gasteiger partial charge in [-0.3, -0.25) is 4.79 Å². The van der Waals surface area contributed by atoms with Crippen LogP contribution in [0.5, 0.6) is 0 Å². The number of hydrogen-bond acceptors (Lipinski definition) is 4. The first-order valence-electron chi connectivity index (χ1n) is 8.39. The van der Waals surface area contributed by atoms with Crippen LogP contribution in [-0.2, 0) is 27.7 Å². The van der Waals surface area contributed by atoms with E-state index in [0.717, 1.165) is 31.2 Å². The van der Waals surface area contributed by atoms with Crippen molar-refractivity contribution >= 4 is 21.6 Å². The number of nitrogens with zero attached hydrogens (tertiary/aromatic N) is 1. The van der Waals surface area contributed by atoms with Gasteiger partial charge in [0.05, 0.1) is 23.1 Å². The predicted molar refractivity (Wildman–Crippen MR) is 98.1 cm³/mol. The lowest BCUT2D eigenvalue weighted by atomic mass is 9.92. The van der Waals surface area contributed by atoms with Gasteiger partial charge in [0, 0.05) is 5.69 Å². The smallest absolute Gasteiger partial charge is 0.241 e. The van der Waals surface area contributed by atoms with Crippen molar-refractivity contribution in [1.29, 1.82) is 5.26 Å². The standard InChI is InChI=1S/C19H19N3O3S/c20-12-14-5-8-17(9-6-14)22-19(23)13-21-26(24,25)18-10-7-15-3-1-2-4-16(15)11-18/h5-11,21H,1-4,13H2,(H,22,23). The Bertz CT molecular complexity index is 961. The highest BCUT2D eigenvalue weighted by atomic mass is 32.2. The SMILES string of the molecule is N#Cc1ccc(NC(=O)CNS(=O)(=O)c2ccc3c(c2)CCCC3)cc1. The molecule has 134 valence electrons. The number of benzene rings is 2. The van der Waals surface area contributed by atoms with Crippen molar-refractivity contribution in [2.24, 2.45) is 0 Å². The summed E-state index contributed by atoms with van der Waals surface area (Å²) >= 11 is 0. The molecule has 1 aliphatic carbocycles. The Balaban J connectivity index is 1.62. The molecular weight excluding hydrogens is 350 g/mol. The number of anilines is 1. The monoisotopic (exact) mass is 369 g/mol. The Morgan fingerprint density at radius 2 is 1.73 bits per heavy atom. The summed E-state index contributed by atoms with van der Waals surface area (Å²) in [5.41, 5.74) is 3.26. The van der Waals surface area contributed by atoms with Gasteiger partial charge in [0.25, 0.3) is 0 Å². The molecule has 0 aromatic heterocycles. The van der Waals surface area contributed by atoms with Crippen LogP contribution in [0.3, 0.4) is 0 Å². The summed E-state index contributed by atoms with van der Waals surface area (Å²) in [6.07, 6.45) is 4.07. The lowest BCUT2D eigenvalue weighted by molar-refractivity contribution is -0.115. The quantitative estimate of drug-likeness (QED) is 0.845. The molecule has 0 heterocycles. The molecule has 0 atom stereocenters. The number of amides is 1. The first-order chi connectivity index (χ1) is 12.5. The molecule has 3 rings (SSSR count). The number of nitriles is 1. The van der Waals surface area contributed by atoms with Gasteiger partial charge < -0.3 is 5.32 Å². The van der Waals surface area contributed by atoms with Gasteiger partial charge in [-0.2, -0.15) is 5.26 Å². The molecule has 2 aromatic carbocycles. The first kappa shape index (κ1) is 18.1. The lowest BCUT2D eigenvalue weighted by Gasteiger charge is -2.16. The molecule has 0 bridgehead atoms. The van der Waals surface area contributed by atoms with Crippen molar-refractivity contribution in [3.63, 3.8) is 0 Å². The zero-order valence-corrected chi connectivity index (χ0v) is 15.0. The molecule has 0 fully saturated rings. The zero-order chi connectivity index (χ0) is 18.6. The van der Waals surface area contributed by atoms with Crippen molar-refractivity contribution in [1.82, 2.24) is 4.72 Å². The largest absolute Gasteiger partial charge is 0.325 e. The average molecular weight is 369 g/mol. The highest BCUT2D eigenvalue weighted by Gasteiger charge is 2.18. The van der Waals surface area contributed by atoms with Crippen LogP contribution in [0.15, 0.2) is 47.4 Å². The van der Waals surface area contributed by atoms with Crippen molar-refractivity contribution in [3.8, 4) is 6.07 Å². The van der Waals surface area contributed by atoms with Crippen molar-refractivity contribution in [2.45, 2.75) is 30.6 Å². The molecule has 26 heavy (non-hydrogen) atoms. The summed E-state index contributed by atoms with van der Waals surface area (Å²) < 4.78 is 27.2. The van der Waals surface area contributed by atoms with E-state index in [1.807, 2.05) is 12.1 Å². The number of rotatable bonds is 5. The Hall–Kier alpha value is -2.69. The fourth-order valence-electron chi connectivity index (χ4n) is 2.95. The fourth-order valence-corrected chi connectivity index (χ4v) is 3.99. The number of sulfonamides is 1. The molecule has 0 spiro atoms. The third-order valence-corrected chi connectivity index (χ3v) is 5.75. The van der Waals surface area contributed by atoms with Crippen molar-refractivity contribution in [3.05, 3.63) is 59.2 Å². The predicted octanol–water partition coefficient (Wildman–Crippen LogP) is 2.35. The molecule has 1 amide bonds. The van der Waals surface area contributed by atoms with Crippen LogP contribution < -0.4 is 10.0 Å². The molecule has 6 nitrogen and oxygen atoms in total. The number of fused-ring (bicyclic) bond motifs is 1. The second-order valence-electron chi connectivity index (χ2n) is 6.20. The summed E-state index contributed by atoms with van der Waals surface area (Å²) in [7, 11) is -3.75. The second-order valence-corrected chi connectivity index (χ2v) is 7.97. The molecule has 0 radical (unpaired) electrons. The van der Waals surface area contributed by atoms with E-state index in [9.17, 15) is 13.2 Å². The van der Waals surface area contributed by atoms with E-state index in [1.54, 1.807) is 36.4 Å². The molecule has 0 saturated carbocycles. The first-order valence-corrected chi connectivity index (χ1v) is 9.88. The summed E-state index contributed by atoms with van der Waals surface area (Å²) in [5, 5.41) is 11.3.